The second kappa shape index (κ2) is 6.76. The minimum absolute atomic E-state index is 0. The van der Waals surface area contributed by atoms with Gasteiger partial charge < -0.3 is 4.74 Å². The third-order valence-corrected chi connectivity index (χ3v) is 1.71. The van der Waals surface area contributed by atoms with Crippen LogP contribution in [-0.2, 0) is 16.1 Å². The smallest absolute Gasteiger partial charge is 0.339 e. The average Bonchev–Trinajstić information content (AvgIpc) is 2.19. The molecule has 15 heavy (non-hydrogen) atoms. The van der Waals surface area contributed by atoms with E-state index in [0.717, 1.165) is 0 Å². The minimum atomic E-state index is -0.330. The summed E-state index contributed by atoms with van der Waals surface area (Å²) in [5, 5.41) is 0. The zero-order valence-electron chi connectivity index (χ0n) is 8.27. The Hall–Kier alpha value is -1.64. The van der Waals surface area contributed by atoms with Crippen molar-refractivity contribution < 1.29 is 14.1 Å². The normalized spacial score (nSPS) is 8.87. The molecule has 0 spiro atoms. The molecule has 1 aromatic rings. The van der Waals surface area contributed by atoms with Gasteiger partial charge in [-0.2, -0.15) is 0 Å². The second-order valence-electron chi connectivity index (χ2n) is 2.87. The Morgan fingerprint density at radius 1 is 1.33 bits per heavy atom. The van der Waals surface area contributed by atoms with Crippen molar-refractivity contribution in [1.82, 2.24) is 0 Å². The SMILES string of the molecule is C.C=C(C[n+]1ccccc1)C(=O)OCC. The molecule has 0 bridgehead atoms. The highest BCUT2D eigenvalue weighted by Crippen LogP contribution is 1.94. The van der Waals surface area contributed by atoms with Crippen molar-refractivity contribution in [3.63, 3.8) is 0 Å². The Morgan fingerprint density at radius 3 is 2.47 bits per heavy atom. The maximum absolute atomic E-state index is 11.2. The zero-order valence-corrected chi connectivity index (χ0v) is 8.27. The summed E-state index contributed by atoms with van der Waals surface area (Å²) in [5.41, 5.74) is 0.461. The van der Waals surface area contributed by atoms with Crippen LogP contribution in [0.15, 0.2) is 42.7 Å². The monoisotopic (exact) mass is 208 g/mol. The summed E-state index contributed by atoms with van der Waals surface area (Å²) in [6, 6.07) is 5.72. The fraction of sp³-hybridized carbons (Fsp3) is 0.333. The van der Waals surface area contributed by atoms with Gasteiger partial charge in [-0.3, -0.25) is 0 Å². The van der Waals surface area contributed by atoms with Crippen LogP contribution in [0.2, 0.25) is 0 Å². The number of hydrogen-bond donors (Lipinski definition) is 0. The Kier molecular flexibility index (Phi) is 6.02. The van der Waals surface area contributed by atoms with Gasteiger partial charge in [0.15, 0.2) is 18.9 Å². The Bertz CT molecular complexity index is 320. The van der Waals surface area contributed by atoms with E-state index in [1.165, 1.54) is 0 Å². The maximum atomic E-state index is 11.2. The van der Waals surface area contributed by atoms with Gasteiger partial charge in [0.2, 0.25) is 0 Å². The largest absolute Gasteiger partial charge is 0.462 e. The number of ether oxygens (including phenoxy) is 1. The molecular formula is C12H18NO2+. The molecule has 0 amide bonds. The van der Waals surface area contributed by atoms with Crippen LogP contribution in [0, 0.1) is 0 Å². The third-order valence-electron chi connectivity index (χ3n) is 1.71. The molecule has 1 rings (SSSR count). The molecule has 0 atom stereocenters. The first kappa shape index (κ1) is 13.4. The molecule has 0 saturated heterocycles. The van der Waals surface area contributed by atoms with Crippen LogP contribution in [0.3, 0.4) is 0 Å². The van der Waals surface area contributed by atoms with Crippen LogP contribution >= 0.6 is 0 Å². The fourth-order valence-corrected chi connectivity index (χ4v) is 1.06. The van der Waals surface area contributed by atoms with Gasteiger partial charge in [0, 0.05) is 12.1 Å². The number of aromatic nitrogens is 1. The second-order valence-corrected chi connectivity index (χ2v) is 2.87. The summed E-state index contributed by atoms with van der Waals surface area (Å²) in [5.74, 6) is -0.330. The molecule has 0 unspecified atom stereocenters. The molecule has 3 heteroatoms. The number of rotatable bonds is 4. The quantitative estimate of drug-likeness (QED) is 0.428. The van der Waals surface area contributed by atoms with E-state index in [-0.39, 0.29) is 13.4 Å². The summed E-state index contributed by atoms with van der Waals surface area (Å²) in [6.45, 7) is 6.31. The van der Waals surface area contributed by atoms with E-state index < -0.39 is 0 Å². The molecule has 0 aliphatic carbocycles. The summed E-state index contributed by atoms with van der Waals surface area (Å²) in [6.07, 6.45) is 3.76. The average molecular weight is 208 g/mol. The molecule has 0 radical (unpaired) electrons. The van der Waals surface area contributed by atoms with E-state index in [2.05, 4.69) is 6.58 Å². The fourth-order valence-electron chi connectivity index (χ4n) is 1.06. The van der Waals surface area contributed by atoms with Crippen molar-refractivity contribution in [3.05, 3.63) is 42.7 Å². The van der Waals surface area contributed by atoms with Crippen molar-refractivity contribution in [3.8, 4) is 0 Å². The van der Waals surface area contributed by atoms with Crippen molar-refractivity contribution >= 4 is 5.97 Å². The van der Waals surface area contributed by atoms with Gasteiger partial charge in [0.05, 0.1) is 12.2 Å². The van der Waals surface area contributed by atoms with E-state index in [9.17, 15) is 4.79 Å². The summed E-state index contributed by atoms with van der Waals surface area (Å²) < 4.78 is 6.70. The first-order valence-corrected chi connectivity index (χ1v) is 4.53. The maximum Gasteiger partial charge on any atom is 0.339 e. The van der Waals surface area contributed by atoms with E-state index >= 15 is 0 Å². The molecule has 0 saturated carbocycles. The molecule has 0 fully saturated rings. The highest BCUT2D eigenvalue weighted by atomic mass is 16.5. The number of esters is 1. The molecule has 82 valence electrons. The lowest BCUT2D eigenvalue weighted by molar-refractivity contribution is -0.688. The molecule has 3 nitrogen and oxygen atoms in total. The van der Waals surface area contributed by atoms with Gasteiger partial charge in [0.1, 0.15) is 0 Å². The van der Waals surface area contributed by atoms with Gasteiger partial charge in [-0.05, 0) is 6.92 Å². The number of carbonyl (C=O) groups is 1. The lowest BCUT2D eigenvalue weighted by atomic mass is 10.3. The van der Waals surface area contributed by atoms with Gasteiger partial charge in [-0.1, -0.05) is 20.1 Å². The number of pyridine rings is 1. The molecule has 1 aromatic heterocycles. The van der Waals surface area contributed by atoms with E-state index in [0.29, 0.717) is 18.7 Å². The van der Waals surface area contributed by atoms with E-state index in [4.69, 9.17) is 4.74 Å². The van der Waals surface area contributed by atoms with Crippen LogP contribution in [-0.4, -0.2) is 12.6 Å². The Labute approximate surface area is 91.0 Å². The van der Waals surface area contributed by atoms with Gasteiger partial charge >= 0.3 is 5.97 Å². The summed E-state index contributed by atoms with van der Waals surface area (Å²) >= 11 is 0. The minimum Gasteiger partial charge on any atom is -0.462 e. The van der Waals surface area contributed by atoms with E-state index in [1.54, 1.807) is 6.92 Å². The lowest BCUT2D eigenvalue weighted by Crippen LogP contribution is -2.35. The molecule has 1 heterocycles. The van der Waals surface area contributed by atoms with Crippen LogP contribution in [0.5, 0.6) is 0 Å². The van der Waals surface area contributed by atoms with Crippen LogP contribution in [0.25, 0.3) is 0 Å². The summed E-state index contributed by atoms with van der Waals surface area (Å²) in [4.78, 5) is 11.2. The molecule has 0 aliphatic rings. The summed E-state index contributed by atoms with van der Waals surface area (Å²) in [7, 11) is 0. The van der Waals surface area contributed by atoms with Crippen LogP contribution in [0.1, 0.15) is 14.4 Å². The van der Waals surface area contributed by atoms with Gasteiger partial charge in [0.25, 0.3) is 0 Å². The lowest BCUT2D eigenvalue weighted by Gasteiger charge is -2.01. The Morgan fingerprint density at radius 2 is 1.93 bits per heavy atom. The topological polar surface area (TPSA) is 30.2 Å². The predicted molar refractivity (Wildman–Crippen MR) is 59.1 cm³/mol. The van der Waals surface area contributed by atoms with Gasteiger partial charge in [-0.25, -0.2) is 9.36 Å². The van der Waals surface area contributed by atoms with Crippen molar-refractivity contribution in [2.75, 3.05) is 6.61 Å². The number of carbonyl (C=O) groups excluding carboxylic acids is 1. The standard InChI is InChI=1S/C11H14NO2.CH4/c1-3-14-11(13)10(2)9-12-7-5-4-6-8-12;/h4-8H,2-3,9H2,1H3;1H4/q+1;. The number of nitrogens with zero attached hydrogens (tertiary/aromatic N) is 1. The van der Waals surface area contributed by atoms with Gasteiger partial charge in [-0.15, -0.1) is 0 Å². The molecule has 0 aromatic carbocycles. The van der Waals surface area contributed by atoms with Crippen molar-refractivity contribution in [2.24, 2.45) is 0 Å². The Balaban J connectivity index is 0.00000196. The highest BCUT2D eigenvalue weighted by Gasteiger charge is 2.11. The number of hydrogen-bond acceptors (Lipinski definition) is 2. The predicted octanol–water partition coefficient (Wildman–Crippen LogP) is 1.73. The third kappa shape index (κ3) is 4.40. The van der Waals surface area contributed by atoms with Crippen LogP contribution < -0.4 is 4.57 Å². The van der Waals surface area contributed by atoms with Crippen molar-refractivity contribution in [2.45, 2.75) is 20.9 Å². The molecule has 0 N–H and O–H groups in total. The first-order valence-electron chi connectivity index (χ1n) is 4.53. The zero-order chi connectivity index (χ0) is 10.4. The highest BCUT2D eigenvalue weighted by molar-refractivity contribution is 5.87. The van der Waals surface area contributed by atoms with E-state index in [1.807, 2.05) is 35.2 Å². The molecular weight excluding hydrogens is 190 g/mol. The first-order chi connectivity index (χ1) is 6.74. The molecule has 0 aliphatic heterocycles. The van der Waals surface area contributed by atoms with Crippen molar-refractivity contribution in [1.29, 1.82) is 0 Å². The van der Waals surface area contributed by atoms with Crippen LogP contribution in [0.4, 0.5) is 0 Å².